The Bertz CT molecular complexity index is 1130. The molecule has 1 saturated heterocycles. The van der Waals surface area contributed by atoms with E-state index in [0.29, 0.717) is 18.8 Å². The number of nitrogens with zero attached hydrogens (tertiary/aromatic N) is 6. The summed E-state index contributed by atoms with van der Waals surface area (Å²) in [5, 5.41) is 8.60. The van der Waals surface area contributed by atoms with E-state index in [-0.39, 0.29) is 11.9 Å². The number of piperazine rings is 1. The number of hydrogen-bond acceptors (Lipinski definition) is 5. The molecule has 1 aliphatic heterocycles. The first-order valence-electron chi connectivity index (χ1n) is 11.2. The van der Waals surface area contributed by atoms with E-state index in [1.165, 1.54) is 0 Å². The highest BCUT2D eigenvalue weighted by molar-refractivity contribution is 5.92. The molecule has 4 aromatic rings. The SMILES string of the molecule is O=C(c1cn(C(c2ccccc2)c2ccccc2)nn1)N1CCN(Cc2ccccn2)CC1. The Balaban J connectivity index is 1.29. The van der Waals surface area contributed by atoms with Gasteiger partial charge in [0.25, 0.3) is 5.91 Å². The number of amides is 1. The highest BCUT2D eigenvalue weighted by atomic mass is 16.2. The number of rotatable bonds is 6. The van der Waals surface area contributed by atoms with Crippen LogP contribution in [-0.4, -0.2) is 61.9 Å². The number of pyridine rings is 1. The second kappa shape index (κ2) is 9.75. The summed E-state index contributed by atoms with van der Waals surface area (Å²) in [6, 6.07) is 26.1. The monoisotopic (exact) mass is 438 g/mol. The minimum atomic E-state index is -0.142. The maximum absolute atomic E-state index is 13.2. The molecule has 166 valence electrons. The second-order valence-corrected chi connectivity index (χ2v) is 8.20. The minimum Gasteiger partial charge on any atom is -0.335 e. The Labute approximate surface area is 193 Å². The standard InChI is InChI=1S/C26H26N6O/c33-26(31-17-15-30(16-18-31)19-23-13-7-8-14-27-23)24-20-32(29-28-24)25(21-9-3-1-4-10-21)22-11-5-2-6-12-22/h1-14,20,25H,15-19H2. The maximum Gasteiger partial charge on any atom is 0.276 e. The molecule has 7 nitrogen and oxygen atoms in total. The smallest absolute Gasteiger partial charge is 0.276 e. The van der Waals surface area contributed by atoms with Crippen molar-refractivity contribution in [1.82, 2.24) is 29.8 Å². The molecule has 2 aromatic heterocycles. The van der Waals surface area contributed by atoms with E-state index in [9.17, 15) is 4.79 Å². The summed E-state index contributed by atoms with van der Waals surface area (Å²) in [6.45, 7) is 3.76. The summed E-state index contributed by atoms with van der Waals surface area (Å²) < 4.78 is 1.79. The molecule has 0 saturated carbocycles. The van der Waals surface area contributed by atoms with Crippen LogP contribution in [-0.2, 0) is 6.54 Å². The zero-order chi connectivity index (χ0) is 22.5. The molecule has 33 heavy (non-hydrogen) atoms. The molecule has 2 aromatic carbocycles. The molecule has 3 heterocycles. The van der Waals surface area contributed by atoms with Gasteiger partial charge in [0.15, 0.2) is 5.69 Å². The topological polar surface area (TPSA) is 67.2 Å². The summed E-state index contributed by atoms with van der Waals surface area (Å²) in [7, 11) is 0. The summed E-state index contributed by atoms with van der Waals surface area (Å²) in [5.74, 6) is -0.0707. The molecular formula is C26H26N6O. The predicted molar refractivity (Wildman–Crippen MR) is 126 cm³/mol. The zero-order valence-electron chi connectivity index (χ0n) is 18.4. The van der Waals surface area contributed by atoms with Crippen LogP contribution in [0.2, 0.25) is 0 Å². The Morgan fingerprint density at radius 1 is 0.818 bits per heavy atom. The molecular weight excluding hydrogens is 412 g/mol. The molecule has 0 aliphatic carbocycles. The molecule has 0 radical (unpaired) electrons. The van der Waals surface area contributed by atoms with Crippen molar-refractivity contribution in [2.75, 3.05) is 26.2 Å². The molecule has 0 bridgehead atoms. The molecule has 0 spiro atoms. The van der Waals surface area contributed by atoms with Crippen molar-refractivity contribution in [2.24, 2.45) is 0 Å². The quantitative estimate of drug-likeness (QED) is 0.462. The van der Waals surface area contributed by atoms with Crippen molar-refractivity contribution in [1.29, 1.82) is 0 Å². The van der Waals surface area contributed by atoms with Crippen molar-refractivity contribution in [2.45, 2.75) is 12.6 Å². The van der Waals surface area contributed by atoms with Crippen molar-refractivity contribution in [3.05, 3.63) is 114 Å². The van der Waals surface area contributed by atoms with Crippen LogP contribution in [0.15, 0.2) is 91.3 Å². The molecule has 0 unspecified atom stereocenters. The molecule has 7 heteroatoms. The highest BCUT2D eigenvalue weighted by Crippen LogP contribution is 2.26. The van der Waals surface area contributed by atoms with Gasteiger partial charge in [0.1, 0.15) is 6.04 Å². The number of aromatic nitrogens is 4. The molecule has 1 fully saturated rings. The predicted octanol–water partition coefficient (Wildman–Crippen LogP) is 3.27. The summed E-state index contributed by atoms with van der Waals surface area (Å²) >= 11 is 0. The molecule has 1 aliphatic rings. The lowest BCUT2D eigenvalue weighted by Crippen LogP contribution is -2.48. The lowest BCUT2D eigenvalue weighted by Gasteiger charge is -2.34. The van der Waals surface area contributed by atoms with E-state index in [2.05, 4.69) is 44.5 Å². The maximum atomic E-state index is 13.2. The Kier molecular flexibility index (Phi) is 6.21. The molecule has 0 N–H and O–H groups in total. The van der Waals surface area contributed by atoms with Gasteiger partial charge in [0.2, 0.25) is 0 Å². The summed E-state index contributed by atoms with van der Waals surface area (Å²) in [5.41, 5.74) is 3.62. The van der Waals surface area contributed by atoms with Crippen LogP contribution in [0, 0.1) is 0 Å². The largest absolute Gasteiger partial charge is 0.335 e. The Morgan fingerprint density at radius 2 is 1.45 bits per heavy atom. The first-order valence-corrected chi connectivity index (χ1v) is 11.2. The van der Waals surface area contributed by atoms with Gasteiger partial charge in [-0.2, -0.15) is 0 Å². The van der Waals surface area contributed by atoms with Crippen LogP contribution in [0.4, 0.5) is 0 Å². The van der Waals surface area contributed by atoms with Gasteiger partial charge in [-0.15, -0.1) is 5.10 Å². The van der Waals surface area contributed by atoms with Gasteiger partial charge in [-0.05, 0) is 23.3 Å². The van der Waals surface area contributed by atoms with Crippen LogP contribution in [0.5, 0.6) is 0 Å². The van der Waals surface area contributed by atoms with Gasteiger partial charge in [-0.25, -0.2) is 4.68 Å². The Hall–Kier alpha value is -3.84. The average Bonchev–Trinajstić information content (AvgIpc) is 3.36. The molecule has 1 amide bonds. The van der Waals surface area contributed by atoms with Crippen LogP contribution >= 0.6 is 0 Å². The second-order valence-electron chi connectivity index (χ2n) is 8.20. The van der Waals surface area contributed by atoms with Crippen molar-refractivity contribution in [3.63, 3.8) is 0 Å². The first kappa shape index (κ1) is 21.0. The third kappa shape index (κ3) is 4.83. The summed E-state index contributed by atoms with van der Waals surface area (Å²) in [6.07, 6.45) is 3.59. The zero-order valence-corrected chi connectivity index (χ0v) is 18.4. The Morgan fingerprint density at radius 3 is 2.06 bits per heavy atom. The molecule has 5 rings (SSSR count). The van der Waals surface area contributed by atoms with Gasteiger partial charge in [-0.3, -0.25) is 14.7 Å². The summed E-state index contributed by atoms with van der Waals surface area (Å²) in [4.78, 5) is 21.7. The fourth-order valence-corrected chi connectivity index (χ4v) is 4.26. The lowest BCUT2D eigenvalue weighted by molar-refractivity contribution is 0.0621. The normalized spacial score (nSPS) is 14.5. The molecule has 0 atom stereocenters. The first-order chi connectivity index (χ1) is 16.3. The van der Waals surface area contributed by atoms with Crippen molar-refractivity contribution >= 4 is 5.91 Å². The van der Waals surface area contributed by atoms with Crippen LogP contribution in [0.3, 0.4) is 0 Å². The number of carbonyl (C=O) groups excluding carboxylic acids is 1. The van der Waals surface area contributed by atoms with Crippen LogP contribution in [0.25, 0.3) is 0 Å². The van der Waals surface area contributed by atoms with Crippen LogP contribution in [0.1, 0.15) is 33.4 Å². The third-order valence-corrected chi connectivity index (χ3v) is 6.00. The fraction of sp³-hybridized carbons (Fsp3) is 0.231. The van der Waals surface area contributed by atoms with E-state index >= 15 is 0 Å². The van der Waals surface area contributed by atoms with E-state index in [1.807, 2.05) is 65.7 Å². The average molecular weight is 439 g/mol. The van der Waals surface area contributed by atoms with E-state index < -0.39 is 0 Å². The minimum absolute atomic E-state index is 0.0707. The van der Waals surface area contributed by atoms with Crippen LogP contribution < -0.4 is 0 Å². The van der Waals surface area contributed by atoms with Gasteiger partial charge in [-0.1, -0.05) is 71.9 Å². The number of carbonyl (C=O) groups is 1. The van der Waals surface area contributed by atoms with Crippen molar-refractivity contribution in [3.8, 4) is 0 Å². The van der Waals surface area contributed by atoms with Gasteiger partial charge in [0, 0.05) is 38.9 Å². The third-order valence-electron chi connectivity index (χ3n) is 6.00. The fourth-order valence-electron chi connectivity index (χ4n) is 4.26. The highest BCUT2D eigenvalue weighted by Gasteiger charge is 2.26. The van der Waals surface area contributed by atoms with Gasteiger partial charge >= 0.3 is 0 Å². The van der Waals surface area contributed by atoms with E-state index in [0.717, 1.165) is 36.5 Å². The van der Waals surface area contributed by atoms with Crippen molar-refractivity contribution < 1.29 is 4.79 Å². The number of hydrogen-bond donors (Lipinski definition) is 0. The van der Waals surface area contributed by atoms with Gasteiger partial charge in [0.05, 0.1) is 11.9 Å². The number of benzene rings is 2. The van der Waals surface area contributed by atoms with Gasteiger partial charge < -0.3 is 4.90 Å². The lowest BCUT2D eigenvalue weighted by atomic mass is 9.99. The van der Waals surface area contributed by atoms with E-state index in [1.54, 1.807) is 10.9 Å². The van der Waals surface area contributed by atoms with E-state index in [4.69, 9.17) is 0 Å².